The Balaban J connectivity index is 1.38. The number of thiazole rings is 1. The van der Waals surface area contributed by atoms with E-state index in [1.54, 1.807) is 40.2 Å². The predicted molar refractivity (Wildman–Crippen MR) is 117 cm³/mol. The lowest BCUT2D eigenvalue weighted by Crippen LogP contribution is -1.90. The fourth-order valence-electron chi connectivity index (χ4n) is 2.67. The van der Waals surface area contributed by atoms with E-state index in [1.165, 1.54) is 0 Å². The number of pyridine rings is 1. The smallest absolute Gasteiger partial charge is 0.210 e. The van der Waals surface area contributed by atoms with Crippen LogP contribution in [0.3, 0.4) is 0 Å². The molecule has 5 nitrogen and oxygen atoms in total. The van der Waals surface area contributed by atoms with Crippen molar-refractivity contribution in [2.45, 2.75) is 0 Å². The molecule has 5 aromatic rings. The standard InChI is InChI=1S/C20H13N5S3/c1-2-9-21-15(7-1)18-23-16(12-27-18)13-5-3-6-14(11-13)22-20-25-24-19(28-20)17-8-4-10-26-17/h1-12H,(H,22,25). The second-order valence-electron chi connectivity index (χ2n) is 5.85. The van der Waals surface area contributed by atoms with Crippen molar-refractivity contribution in [2.75, 3.05) is 5.32 Å². The molecule has 0 fully saturated rings. The van der Waals surface area contributed by atoms with Crippen molar-refractivity contribution in [3.8, 4) is 31.8 Å². The van der Waals surface area contributed by atoms with Crippen molar-refractivity contribution in [1.82, 2.24) is 20.2 Å². The topological polar surface area (TPSA) is 63.6 Å². The Labute approximate surface area is 173 Å². The number of benzene rings is 1. The molecule has 1 aromatic carbocycles. The fraction of sp³-hybridized carbons (Fsp3) is 0. The highest BCUT2D eigenvalue weighted by Gasteiger charge is 2.10. The molecule has 0 bridgehead atoms. The Morgan fingerprint density at radius 1 is 0.821 bits per heavy atom. The third-order valence-corrected chi connectivity index (χ3v) is 6.70. The summed E-state index contributed by atoms with van der Waals surface area (Å²) in [5.74, 6) is 0. The molecule has 0 saturated carbocycles. The summed E-state index contributed by atoms with van der Waals surface area (Å²) >= 11 is 4.80. The van der Waals surface area contributed by atoms with Gasteiger partial charge in [0.15, 0.2) is 5.01 Å². The zero-order chi connectivity index (χ0) is 18.8. The van der Waals surface area contributed by atoms with Crippen LogP contribution in [0.2, 0.25) is 0 Å². The molecule has 0 amide bonds. The quantitative estimate of drug-likeness (QED) is 0.368. The van der Waals surface area contributed by atoms with E-state index >= 15 is 0 Å². The van der Waals surface area contributed by atoms with Crippen molar-refractivity contribution >= 4 is 44.8 Å². The molecule has 0 aliphatic rings. The molecule has 5 rings (SSSR count). The minimum absolute atomic E-state index is 0.771. The summed E-state index contributed by atoms with van der Waals surface area (Å²) in [7, 11) is 0. The molecule has 0 saturated heterocycles. The Morgan fingerprint density at radius 3 is 2.68 bits per heavy atom. The molecular formula is C20H13N5S3. The first kappa shape index (κ1) is 17.2. The van der Waals surface area contributed by atoms with Crippen LogP contribution >= 0.6 is 34.0 Å². The molecule has 136 valence electrons. The number of nitrogens with zero attached hydrogens (tertiary/aromatic N) is 4. The average Bonchev–Trinajstić information content (AvgIpc) is 3.50. The van der Waals surface area contributed by atoms with Crippen LogP contribution in [0, 0.1) is 0 Å². The van der Waals surface area contributed by atoms with Crippen molar-refractivity contribution in [3.05, 3.63) is 71.6 Å². The number of nitrogens with one attached hydrogen (secondary N) is 1. The summed E-state index contributed by atoms with van der Waals surface area (Å²) < 4.78 is 0. The summed E-state index contributed by atoms with van der Waals surface area (Å²) in [6.07, 6.45) is 1.79. The average molecular weight is 420 g/mol. The van der Waals surface area contributed by atoms with Gasteiger partial charge in [0, 0.05) is 22.8 Å². The van der Waals surface area contributed by atoms with Crippen molar-refractivity contribution in [1.29, 1.82) is 0 Å². The van der Waals surface area contributed by atoms with Crippen LogP contribution in [-0.2, 0) is 0 Å². The summed E-state index contributed by atoms with van der Waals surface area (Å²) in [6.45, 7) is 0. The summed E-state index contributed by atoms with van der Waals surface area (Å²) in [5, 5.41) is 18.6. The Kier molecular flexibility index (Phi) is 4.66. The van der Waals surface area contributed by atoms with Gasteiger partial charge >= 0.3 is 0 Å². The van der Waals surface area contributed by atoms with E-state index in [0.717, 1.165) is 42.7 Å². The van der Waals surface area contributed by atoms with Crippen LogP contribution < -0.4 is 5.32 Å². The molecule has 0 spiro atoms. The van der Waals surface area contributed by atoms with E-state index in [1.807, 2.05) is 41.8 Å². The highest BCUT2D eigenvalue weighted by molar-refractivity contribution is 7.23. The molecule has 1 N–H and O–H groups in total. The zero-order valence-corrected chi connectivity index (χ0v) is 16.9. The van der Waals surface area contributed by atoms with Crippen LogP contribution in [0.25, 0.3) is 31.8 Å². The van der Waals surface area contributed by atoms with Gasteiger partial charge in [-0.3, -0.25) is 4.98 Å². The van der Waals surface area contributed by atoms with Gasteiger partial charge in [0.1, 0.15) is 5.01 Å². The molecule has 0 radical (unpaired) electrons. The number of rotatable bonds is 5. The fourth-order valence-corrected chi connectivity index (χ4v) is 5.03. The van der Waals surface area contributed by atoms with Gasteiger partial charge in [-0.2, -0.15) is 0 Å². The second-order valence-corrected chi connectivity index (χ2v) is 8.63. The largest absolute Gasteiger partial charge is 0.330 e. The molecule has 0 unspecified atom stereocenters. The third kappa shape index (κ3) is 3.57. The lowest BCUT2D eigenvalue weighted by molar-refractivity contribution is 1.10. The van der Waals surface area contributed by atoms with Crippen molar-refractivity contribution < 1.29 is 0 Å². The van der Waals surface area contributed by atoms with Crippen LogP contribution in [0.15, 0.2) is 71.6 Å². The Hall–Kier alpha value is -2.94. The van der Waals surface area contributed by atoms with Crippen molar-refractivity contribution in [2.24, 2.45) is 0 Å². The van der Waals surface area contributed by atoms with Crippen LogP contribution in [0.5, 0.6) is 0 Å². The lowest BCUT2D eigenvalue weighted by atomic mass is 10.1. The third-order valence-electron chi connectivity index (χ3n) is 3.95. The monoisotopic (exact) mass is 419 g/mol. The van der Waals surface area contributed by atoms with Gasteiger partial charge < -0.3 is 5.32 Å². The highest BCUT2D eigenvalue weighted by atomic mass is 32.1. The summed E-state index contributed by atoms with van der Waals surface area (Å²) in [4.78, 5) is 10.2. The molecule has 4 aromatic heterocycles. The SMILES string of the molecule is c1ccc(-c2nc(-c3cccc(Nc4nnc(-c5cccs5)s4)c3)cs2)nc1. The molecule has 4 heterocycles. The van der Waals surface area contributed by atoms with Gasteiger partial charge in [-0.25, -0.2) is 4.98 Å². The maximum atomic E-state index is 4.74. The molecule has 8 heteroatoms. The van der Waals surface area contributed by atoms with Crippen molar-refractivity contribution in [3.63, 3.8) is 0 Å². The number of anilines is 2. The molecule has 0 aliphatic heterocycles. The van der Waals surface area contributed by atoms with E-state index in [-0.39, 0.29) is 0 Å². The Bertz CT molecular complexity index is 1200. The minimum atomic E-state index is 0.771. The van der Waals surface area contributed by atoms with Gasteiger partial charge in [0.05, 0.1) is 16.3 Å². The number of hydrogen-bond donors (Lipinski definition) is 1. The number of thiophene rings is 1. The molecule has 28 heavy (non-hydrogen) atoms. The van der Waals surface area contributed by atoms with E-state index < -0.39 is 0 Å². The van der Waals surface area contributed by atoms with Gasteiger partial charge in [-0.15, -0.1) is 32.9 Å². The van der Waals surface area contributed by atoms with Gasteiger partial charge in [-0.1, -0.05) is 35.6 Å². The Morgan fingerprint density at radius 2 is 1.82 bits per heavy atom. The summed E-state index contributed by atoms with van der Waals surface area (Å²) in [6, 6.07) is 18.1. The van der Waals surface area contributed by atoms with E-state index in [2.05, 4.69) is 44.1 Å². The maximum absolute atomic E-state index is 4.74. The van der Waals surface area contributed by atoms with E-state index in [9.17, 15) is 0 Å². The highest BCUT2D eigenvalue weighted by Crippen LogP contribution is 2.33. The van der Waals surface area contributed by atoms with Gasteiger partial charge in [-0.05, 0) is 35.7 Å². The van der Waals surface area contributed by atoms with Crippen LogP contribution in [-0.4, -0.2) is 20.2 Å². The molecule has 0 atom stereocenters. The first-order valence-electron chi connectivity index (χ1n) is 8.47. The minimum Gasteiger partial charge on any atom is -0.330 e. The van der Waals surface area contributed by atoms with Gasteiger partial charge in [0.25, 0.3) is 0 Å². The second kappa shape index (κ2) is 7.59. The van der Waals surface area contributed by atoms with E-state index in [0.29, 0.717) is 0 Å². The van der Waals surface area contributed by atoms with Crippen LogP contribution in [0.4, 0.5) is 10.8 Å². The number of aromatic nitrogens is 4. The van der Waals surface area contributed by atoms with Gasteiger partial charge in [0.2, 0.25) is 5.13 Å². The van der Waals surface area contributed by atoms with E-state index in [4.69, 9.17) is 4.98 Å². The zero-order valence-electron chi connectivity index (χ0n) is 14.4. The number of hydrogen-bond acceptors (Lipinski definition) is 8. The lowest BCUT2D eigenvalue weighted by Gasteiger charge is -2.04. The first-order valence-corrected chi connectivity index (χ1v) is 11.0. The predicted octanol–water partition coefficient (Wildman–Crippen LogP) is 6.20. The maximum Gasteiger partial charge on any atom is 0.210 e. The van der Waals surface area contributed by atoms with Crippen LogP contribution in [0.1, 0.15) is 0 Å². The molecule has 0 aliphatic carbocycles. The normalized spacial score (nSPS) is 10.9. The first-order chi connectivity index (χ1) is 13.8. The molecular weight excluding hydrogens is 406 g/mol. The summed E-state index contributed by atoms with van der Waals surface area (Å²) in [5.41, 5.74) is 3.83.